The number of fused-ring (bicyclic) bond motifs is 4. The van der Waals surface area contributed by atoms with Crippen molar-refractivity contribution in [3.63, 3.8) is 0 Å². The maximum atomic E-state index is 6.28. The van der Waals surface area contributed by atoms with Crippen molar-refractivity contribution in [3.05, 3.63) is 127 Å². The molecule has 1 fully saturated rings. The van der Waals surface area contributed by atoms with Crippen LogP contribution in [0.5, 0.6) is 0 Å². The average Bonchev–Trinajstić information content (AvgIpc) is 3.30. The van der Waals surface area contributed by atoms with Gasteiger partial charge >= 0.3 is 7.12 Å². The zero-order valence-electron chi connectivity index (χ0n) is 25.9. The molecule has 0 aliphatic carbocycles. The van der Waals surface area contributed by atoms with E-state index in [1.807, 2.05) is 18.2 Å². The minimum absolute atomic E-state index is 0.369. The van der Waals surface area contributed by atoms with Crippen molar-refractivity contribution >= 4 is 45.2 Å². The van der Waals surface area contributed by atoms with E-state index >= 15 is 0 Å². The molecule has 0 spiro atoms. The summed E-state index contributed by atoms with van der Waals surface area (Å²) in [5.74, 6) is 0. The first-order valence-corrected chi connectivity index (χ1v) is 15.5. The number of hydrogen-bond acceptors (Lipinski definition) is 4. The van der Waals surface area contributed by atoms with E-state index in [9.17, 15) is 0 Å². The number of rotatable bonds is 4. The molecule has 2 aromatic heterocycles. The van der Waals surface area contributed by atoms with Crippen molar-refractivity contribution in [2.24, 2.45) is 0 Å². The number of pyridine rings is 2. The Morgan fingerprint density at radius 3 is 1.62 bits per heavy atom. The molecule has 0 atom stereocenters. The second kappa shape index (κ2) is 10.4. The lowest BCUT2D eigenvalue weighted by atomic mass is 9.78. The minimum atomic E-state index is -0.378. The molecule has 1 saturated heterocycles. The van der Waals surface area contributed by atoms with Gasteiger partial charge in [0, 0.05) is 21.9 Å². The molecule has 5 heteroatoms. The molecule has 218 valence electrons. The van der Waals surface area contributed by atoms with E-state index in [0.717, 1.165) is 60.7 Å². The van der Waals surface area contributed by atoms with Gasteiger partial charge in [0.15, 0.2) is 0 Å². The van der Waals surface area contributed by atoms with Crippen LogP contribution in [0, 0.1) is 0 Å². The van der Waals surface area contributed by atoms with Gasteiger partial charge in [-0.1, -0.05) is 115 Å². The van der Waals surface area contributed by atoms with Crippen molar-refractivity contribution < 1.29 is 9.31 Å². The van der Waals surface area contributed by atoms with Crippen LogP contribution < -0.4 is 5.46 Å². The first-order chi connectivity index (χ1) is 21.8. The topological polar surface area (TPSA) is 44.2 Å². The van der Waals surface area contributed by atoms with Gasteiger partial charge in [0.05, 0.1) is 33.6 Å². The Bertz CT molecular complexity index is 2210. The molecule has 7 aromatic rings. The first kappa shape index (κ1) is 27.7. The van der Waals surface area contributed by atoms with Crippen molar-refractivity contribution in [2.45, 2.75) is 38.9 Å². The van der Waals surface area contributed by atoms with Crippen LogP contribution in [0.4, 0.5) is 0 Å². The molecule has 0 unspecified atom stereocenters. The lowest BCUT2D eigenvalue weighted by Gasteiger charge is -2.32. The Hall–Kier alpha value is -4.84. The molecule has 0 N–H and O–H groups in total. The molecule has 4 nitrogen and oxygen atoms in total. The lowest BCUT2D eigenvalue weighted by Crippen LogP contribution is -2.41. The van der Waals surface area contributed by atoms with Crippen LogP contribution in [0.2, 0.25) is 0 Å². The van der Waals surface area contributed by atoms with Gasteiger partial charge in [0.1, 0.15) is 0 Å². The Morgan fingerprint density at radius 1 is 0.467 bits per heavy atom. The van der Waals surface area contributed by atoms with E-state index in [-0.39, 0.29) is 18.3 Å². The van der Waals surface area contributed by atoms with Crippen LogP contribution in [-0.4, -0.2) is 28.3 Å². The van der Waals surface area contributed by atoms with Gasteiger partial charge in [0.25, 0.3) is 0 Å². The maximum absolute atomic E-state index is 6.28. The molecule has 0 saturated carbocycles. The maximum Gasteiger partial charge on any atom is 0.494 e. The highest BCUT2D eigenvalue weighted by Crippen LogP contribution is 2.38. The molecule has 0 bridgehead atoms. The number of hydrogen-bond donors (Lipinski definition) is 0. The van der Waals surface area contributed by atoms with Crippen LogP contribution in [0.1, 0.15) is 27.7 Å². The quantitative estimate of drug-likeness (QED) is 0.153. The molecule has 8 rings (SSSR count). The number of benzene rings is 5. The summed E-state index contributed by atoms with van der Waals surface area (Å²) < 4.78 is 12.6. The van der Waals surface area contributed by atoms with Crippen LogP contribution >= 0.6 is 0 Å². The zero-order valence-corrected chi connectivity index (χ0v) is 25.9. The monoisotopic (exact) mass is 584 g/mol. The summed E-state index contributed by atoms with van der Waals surface area (Å²) in [4.78, 5) is 10.3. The summed E-state index contributed by atoms with van der Waals surface area (Å²) in [6.45, 7) is 8.33. The SMILES string of the molecule is CC1(C)OB(c2ccc(-c3ccc(-c4ccc5ccc6ccc(-c7ccccc7)nc6c5n4)c4ccccc34)cc2)OC1(C)C. The fraction of sp³-hybridized carbons (Fsp3) is 0.150. The predicted molar refractivity (Wildman–Crippen MR) is 187 cm³/mol. The van der Waals surface area contributed by atoms with Crippen LogP contribution in [0.15, 0.2) is 127 Å². The third kappa shape index (κ3) is 4.71. The van der Waals surface area contributed by atoms with Crippen molar-refractivity contribution in [1.29, 1.82) is 0 Å². The number of aromatic nitrogens is 2. The van der Waals surface area contributed by atoms with E-state index in [2.05, 4.69) is 137 Å². The molecule has 0 amide bonds. The minimum Gasteiger partial charge on any atom is -0.399 e. The summed E-state index contributed by atoms with van der Waals surface area (Å²) in [5, 5.41) is 4.50. The van der Waals surface area contributed by atoms with Gasteiger partial charge in [-0.3, -0.25) is 0 Å². The molecular formula is C40H33BN2O2. The molecule has 45 heavy (non-hydrogen) atoms. The van der Waals surface area contributed by atoms with Gasteiger partial charge in [-0.15, -0.1) is 0 Å². The molecule has 0 radical (unpaired) electrons. The fourth-order valence-electron chi connectivity index (χ4n) is 6.26. The lowest BCUT2D eigenvalue weighted by molar-refractivity contribution is 0.00578. The molecular weight excluding hydrogens is 551 g/mol. The first-order valence-electron chi connectivity index (χ1n) is 15.5. The Labute approximate surface area is 263 Å². The van der Waals surface area contributed by atoms with E-state index in [4.69, 9.17) is 19.3 Å². The van der Waals surface area contributed by atoms with Gasteiger partial charge in [-0.2, -0.15) is 0 Å². The average molecular weight is 585 g/mol. The van der Waals surface area contributed by atoms with Gasteiger partial charge in [-0.25, -0.2) is 9.97 Å². The Morgan fingerprint density at radius 2 is 0.978 bits per heavy atom. The van der Waals surface area contributed by atoms with E-state index < -0.39 is 0 Å². The van der Waals surface area contributed by atoms with Crippen LogP contribution in [-0.2, 0) is 9.31 Å². The highest BCUT2D eigenvalue weighted by Gasteiger charge is 2.51. The standard InChI is InChI=1S/C40H33BN2O2/c1-39(2)40(3,4)45-41(44-39)30-20-16-26(17-21-30)31-22-23-34(33-13-9-8-12-32(31)33)36-25-19-29-15-14-28-18-24-35(27-10-6-5-7-11-27)42-37(28)38(29)43-36/h5-25H,1-4H3. The highest BCUT2D eigenvalue weighted by atomic mass is 16.7. The third-order valence-corrected chi connectivity index (χ3v) is 9.54. The second-order valence-electron chi connectivity index (χ2n) is 12.9. The van der Waals surface area contributed by atoms with Gasteiger partial charge < -0.3 is 9.31 Å². The fourth-order valence-corrected chi connectivity index (χ4v) is 6.26. The normalized spacial score (nSPS) is 15.7. The van der Waals surface area contributed by atoms with E-state index in [1.165, 1.54) is 10.9 Å². The van der Waals surface area contributed by atoms with E-state index in [1.54, 1.807) is 0 Å². The van der Waals surface area contributed by atoms with Crippen LogP contribution in [0.25, 0.3) is 66.2 Å². The van der Waals surface area contributed by atoms with Crippen molar-refractivity contribution in [1.82, 2.24) is 9.97 Å². The molecule has 1 aliphatic rings. The molecule has 5 aromatic carbocycles. The zero-order chi connectivity index (χ0) is 30.8. The van der Waals surface area contributed by atoms with Gasteiger partial charge in [0.2, 0.25) is 0 Å². The summed E-state index contributed by atoms with van der Waals surface area (Å²) in [6, 6.07) is 44.6. The highest BCUT2D eigenvalue weighted by molar-refractivity contribution is 6.62. The number of nitrogens with zero attached hydrogens (tertiary/aromatic N) is 2. The largest absolute Gasteiger partial charge is 0.494 e. The second-order valence-corrected chi connectivity index (χ2v) is 12.9. The van der Waals surface area contributed by atoms with Crippen molar-refractivity contribution in [3.8, 4) is 33.6 Å². The smallest absolute Gasteiger partial charge is 0.399 e. The summed E-state index contributed by atoms with van der Waals surface area (Å²) >= 11 is 0. The summed E-state index contributed by atoms with van der Waals surface area (Å²) in [5.41, 5.74) is 8.51. The Kier molecular flexibility index (Phi) is 6.38. The van der Waals surface area contributed by atoms with Gasteiger partial charge in [-0.05, 0) is 67.2 Å². The van der Waals surface area contributed by atoms with Crippen LogP contribution in [0.3, 0.4) is 0 Å². The molecule has 3 heterocycles. The Balaban J connectivity index is 1.20. The van der Waals surface area contributed by atoms with E-state index in [0.29, 0.717) is 0 Å². The summed E-state index contributed by atoms with van der Waals surface area (Å²) in [6.07, 6.45) is 0. The van der Waals surface area contributed by atoms with Crippen molar-refractivity contribution in [2.75, 3.05) is 0 Å². The molecule has 1 aliphatic heterocycles. The predicted octanol–water partition coefficient (Wildman–Crippen LogP) is 9.24. The third-order valence-electron chi connectivity index (χ3n) is 9.54. The summed E-state index contributed by atoms with van der Waals surface area (Å²) in [7, 11) is -0.378.